The molecule has 0 fully saturated rings. The fourth-order valence-electron chi connectivity index (χ4n) is 1.82. The average molecular weight is 212 g/mol. The van der Waals surface area contributed by atoms with Gasteiger partial charge in [-0.1, -0.05) is 26.7 Å². The summed E-state index contributed by atoms with van der Waals surface area (Å²) in [5.41, 5.74) is 0.678. The Morgan fingerprint density at radius 3 is 2.33 bits per heavy atom. The highest BCUT2D eigenvalue weighted by Crippen LogP contribution is 2.25. The standard InChI is InChI=1S/C11H20N2O2/c1-4-8(5-2)10(14)11(15)9-6-12-13(3)7-9/h6-8,10-11,14-15H,4-5H2,1-3H3. The molecule has 0 spiro atoms. The smallest absolute Gasteiger partial charge is 0.108 e. The SMILES string of the molecule is CCC(CC)C(O)C(O)c1cnn(C)c1. The van der Waals surface area contributed by atoms with Crippen molar-refractivity contribution in [3.63, 3.8) is 0 Å². The van der Waals surface area contributed by atoms with Gasteiger partial charge in [-0.3, -0.25) is 4.68 Å². The lowest BCUT2D eigenvalue weighted by molar-refractivity contribution is -0.0209. The lowest BCUT2D eigenvalue weighted by atomic mass is 9.91. The first kappa shape index (κ1) is 12.2. The van der Waals surface area contributed by atoms with Crippen LogP contribution in [-0.4, -0.2) is 26.1 Å². The van der Waals surface area contributed by atoms with Crippen LogP contribution < -0.4 is 0 Å². The van der Waals surface area contributed by atoms with Gasteiger partial charge in [0.05, 0.1) is 12.3 Å². The average Bonchev–Trinajstić information content (AvgIpc) is 2.65. The van der Waals surface area contributed by atoms with Gasteiger partial charge in [0.2, 0.25) is 0 Å². The van der Waals surface area contributed by atoms with E-state index in [0.29, 0.717) is 5.56 Å². The molecule has 4 heteroatoms. The highest BCUT2D eigenvalue weighted by Gasteiger charge is 2.25. The van der Waals surface area contributed by atoms with Gasteiger partial charge in [0.25, 0.3) is 0 Å². The molecular formula is C11H20N2O2. The maximum Gasteiger partial charge on any atom is 0.108 e. The molecule has 1 rings (SSSR count). The Morgan fingerprint density at radius 1 is 1.33 bits per heavy atom. The van der Waals surface area contributed by atoms with Gasteiger partial charge in [0, 0.05) is 18.8 Å². The minimum absolute atomic E-state index is 0.139. The second-order valence-electron chi connectivity index (χ2n) is 3.96. The quantitative estimate of drug-likeness (QED) is 0.772. The molecule has 2 N–H and O–H groups in total. The zero-order valence-electron chi connectivity index (χ0n) is 9.59. The number of rotatable bonds is 5. The van der Waals surface area contributed by atoms with Crippen molar-refractivity contribution in [2.45, 2.75) is 38.9 Å². The van der Waals surface area contributed by atoms with Crippen LogP contribution in [0.1, 0.15) is 38.4 Å². The first-order chi connectivity index (χ1) is 7.10. The topological polar surface area (TPSA) is 58.3 Å². The summed E-state index contributed by atoms with van der Waals surface area (Å²) >= 11 is 0. The molecule has 2 unspecified atom stereocenters. The number of aliphatic hydroxyl groups is 2. The van der Waals surface area contributed by atoms with Gasteiger partial charge in [0.1, 0.15) is 6.10 Å². The minimum Gasteiger partial charge on any atom is -0.390 e. The molecule has 1 aromatic rings. The zero-order valence-corrected chi connectivity index (χ0v) is 9.59. The Hall–Kier alpha value is -0.870. The fraction of sp³-hybridized carbons (Fsp3) is 0.727. The molecular weight excluding hydrogens is 192 g/mol. The fourth-order valence-corrected chi connectivity index (χ4v) is 1.82. The molecule has 0 saturated carbocycles. The lowest BCUT2D eigenvalue weighted by Crippen LogP contribution is -2.26. The Balaban J connectivity index is 2.71. The van der Waals surface area contributed by atoms with E-state index in [-0.39, 0.29) is 5.92 Å². The second-order valence-corrected chi connectivity index (χ2v) is 3.96. The maximum absolute atomic E-state index is 9.95. The van der Waals surface area contributed by atoms with E-state index in [4.69, 9.17) is 0 Å². The Kier molecular flexibility index (Phi) is 4.29. The van der Waals surface area contributed by atoms with E-state index in [9.17, 15) is 10.2 Å². The summed E-state index contributed by atoms with van der Waals surface area (Å²) in [5.74, 6) is 0.139. The van der Waals surface area contributed by atoms with Crippen molar-refractivity contribution in [1.82, 2.24) is 9.78 Å². The van der Waals surface area contributed by atoms with Crippen molar-refractivity contribution < 1.29 is 10.2 Å². The predicted molar refractivity (Wildman–Crippen MR) is 58.2 cm³/mol. The van der Waals surface area contributed by atoms with E-state index in [1.807, 2.05) is 13.8 Å². The number of hydrogen-bond acceptors (Lipinski definition) is 3. The number of nitrogens with zero attached hydrogens (tertiary/aromatic N) is 2. The number of aromatic nitrogens is 2. The van der Waals surface area contributed by atoms with Crippen LogP contribution >= 0.6 is 0 Å². The summed E-state index contributed by atoms with van der Waals surface area (Å²) in [5, 5.41) is 23.9. The van der Waals surface area contributed by atoms with Crippen LogP contribution in [0.4, 0.5) is 0 Å². The molecule has 0 aromatic carbocycles. The van der Waals surface area contributed by atoms with Crippen LogP contribution in [0.25, 0.3) is 0 Å². The molecule has 2 atom stereocenters. The van der Waals surface area contributed by atoms with Gasteiger partial charge in [0.15, 0.2) is 0 Å². The van der Waals surface area contributed by atoms with Gasteiger partial charge in [-0.25, -0.2) is 0 Å². The highest BCUT2D eigenvalue weighted by molar-refractivity contribution is 5.09. The first-order valence-corrected chi connectivity index (χ1v) is 5.44. The van der Waals surface area contributed by atoms with Crippen molar-refractivity contribution in [1.29, 1.82) is 0 Å². The van der Waals surface area contributed by atoms with E-state index >= 15 is 0 Å². The Labute approximate surface area is 90.5 Å². The van der Waals surface area contributed by atoms with Crippen LogP contribution in [0.3, 0.4) is 0 Å². The number of aliphatic hydroxyl groups excluding tert-OH is 2. The van der Waals surface area contributed by atoms with E-state index in [1.165, 1.54) is 0 Å². The van der Waals surface area contributed by atoms with Crippen molar-refractivity contribution in [3.05, 3.63) is 18.0 Å². The summed E-state index contributed by atoms with van der Waals surface area (Å²) < 4.78 is 1.62. The molecule has 15 heavy (non-hydrogen) atoms. The Bertz CT molecular complexity index is 295. The van der Waals surface area contributed by atoms with E-state index in [2.05, 4.69) is 5.10 Å². The summed E-state index contributed by atoms with van der Waals surface area (Å²) in [4.78, 5) is 0. The monoisotopic (exact) mass is 212 g/mol. The van der Waals surface area contributed by atoms with E-state index in [1.54, 1.807) is 24.1 Å². The van der Waals surface area contributed by atoms with Gasteiger partial charge in [-0.15, -0.1) is 0 Å². The van der Waals surface area contributed by atoms with Crippen molar-refractivity contribution in [3.8, 4) is 0 Å². The third-order valence-corrected chi connectivity index (χ3v) is 2.92. The maximum atomic E-state index is 9.95. The van der Waals surface area contributed by atoms with Crippen molar-refractivity contribution in [2.24, 2.45) is 13.0 Å². The minimum atomic E-state index is -0.830. The molecule has 86 valence electrons. The molecule has 4 nitrogen and oxygen atoms in total. The summed E-state index contributed by atoms with van der Waals surface area (Å²) in [6.07, 6.45) is 3.53. The van der Waals surface area contributed by atoms with Gasteiger partial charge >= 0.3 is 0 Å². The zero-order chi connectivity index (χ0) is 11.4. The Morgan fingerprint density at radius 2 is 1.93 bits per heavy atom. The second kappa shape index (κ2) is 5.28. The van der Waals surface area contributed by atoms with Gasteiger partial charge in [-0.05, 0) is 5.92 Å². The summed E-state index contributed by atoms with van der Waals surface area (Å²) in [6.45, 7) is 4.04. The first-order valence-electron chi connectivity index (χ1n) is 5.44. The van der Waals surface area contributed by atoms with E-state index in [0.717, 1.165) is 12.8 Å². The predicted octanol–water partition coefficient (Wildman–Crippen LogP) is 1.25. The highest BCUT2D eigenvalue weighted by atomic mass is 16.3. The van der Waals surface area contributed by atoms with Crippen molar-refractivity contribution >= 4 is 0 Å². The van der Waals surface area contributed by atoms with Crippen LogP contribution in [0.15, 0.2) is 12.4 Å². The largest absolute Gasteiger partial charge is 0.390 e. The van der Waals surface area contributed by atoms with Gasteiger partial charge in [-0.2, -0.15) is 5.10 Å². The summed E-state index contributed by atoms with van der Waals surface area (Å²) in [6, 6.07) is 0. The van der Waals surface area contributed by atoms with Crippen LogP contribution in [-0.2, 0) is 7.05 Å². The molecule has 0 aliphatic heterocycles. The molecule has 0 bridgehead atoms. The van der Waals surface area contributed by atoms with Crippen LogP contribution in [0, 0.1) is 5.92 Å². The number of hydrogen-bond donors (Lipinski definition) is 2. The van der Waals surface area contributed by atoms with Crippen LogP contribution in [0.2, 0.25) is 0 Å². The molecule has 0 aliphatic carbocycles. The third-order valence-electron chi connectivity index (χ3n) is 2.92. The third kappa shape index (κ3) is 2.79. The normalized spacial score (nSPS) is 15.6. The number of aryl methyl sites for hydroxylation is 1. The molecule has 0 aliphatic rings. The molecule has 1 aromatic heterocycles. The van der Waals surface area contributed by atoms with E-state index < -0.39 is 12.2 Å². The molecule has 0 radical (unpaired) electrons. The van der Waals surface area contributed by atoms with Crippen molar-refractivity contribution in [2.75, 3.05) is 0 Å². The molecule has 0 saturated heterocycles. The molecule has 0 amide bonds. The van der Waals surface area contributed by atoms with Gasteiger partial charge < -0.3 is 10.2 Å². The lowest BCUT2D eigenvalue weighted by Gasteiger charge is -2.24. The van der Waals surface area contributed by atoms with Crippen LogP contribution in [0.5, 0.6) is 0 Å². The summed E-state index contributed by atoms with van der Waals surface area (Å²) in [7, 11) is 1.79. The molecule has 1 heterocycles.